The van der Waals surface area contributed by atoms with Gasteiger partial charge in [-0.25, -0.2) is 4.98 Å². The monoisotopic (exact) mass is 221 g/mol. The molecule has 0 amide bonds. The van der Waals surface area contributed by atoms with Gasteiger partial charge in [-0.15, -0.1) is 0 Å². The fraction of sp³-hybridized carbons (Fsp3) is 0.667. The third-order valence-electron chi connectivity index (χ3n) is 2.08. The van der Waals surface area contributed by atoms with Crippen LogP contribution < -0.4 is 5.32 Å². The highest BCUT2D eigenvalue weighted by Crippen LogP contribution is 2.31. The zero-order chi connectivity index (χ0) is 11.5. The zero-order valence-electron chi connectivity index (χ0n) is 8.67. The second kappa shape index (κ2) is 4.65. The van der Waals surface area contributed by atoms with Crippen LogP contribution in [0, 0.1) is 0 Å². The highest BCUT2D eigenvalue weighted by atomic mass is 19.4. The van der Waals surface area contributed by atoms with E-state index in [2.05, 4.69) is 10.3 Å². The Balaban J connectivity index is 2.87. The number of halogens is 3. The summed E-state index contributed by atoms with van der Waals surface area (Å²) in [7, 11) is 1.55. The van der Waals surface area contributed by atoms with Crippen molar-refractivity contribution in [2.75, 3.05) is 6.54 Å². The molecule has 1 unspecified atom stereocenters. The Labute approximate surface area is 86.3 Å². The van der Waals surface area contributed by atoms with Crippen LogP contribution in [-0.2, 0) is 7.05 Å². The summed E-state index contributed by atoms with van der Waals surface area (Å²) in [6.07, 6.45) is -1.03. The average Bonchev–Trinajstić information content (AvgIpc) is 2.51. The lowest BCUT2D eigenvalue weighted by atomic mass is 10.2. The van der Waals surface area contributed by atoms with Crippen molar-refractivity contribution in [1.82, 2.24) is 14.9 Å². The van der Waals surface area contributed by atoms with Crippen LogP contribution >= 0.6 is 0 Å². The Bertz CT molecular complexity index is 306. The molecule has 6 heteroatoms. The Morgan fingerprint density at radius 2 is 2.20 bits per heavy atom. The van der Waals surface area contributed by atoms with Crippen molar-refractivity contribution in [3.63, 3.8) is 0 Å². The van der Waals surface area contributed by atoms with E-state index >= 15 is 0 Å². The van der Waals surface area contributed by atoms with Crippen molar-refractivity contribution >= 4 is 0 Å². The maximum Gasteiger partial charge on any atom is 0.409 e. The standard InChI is InChI=1S/C9H14F3N3/c1-3-4-14-8(9(10,11)12)7-5-13-6-15(7)2/h5-6,8,14H,3-4H2,1-2H3. The maximum absolute atomic E-state index is 12.7. The lowest BCUT2D eigenvalue weighted by molar-refractivity contribution is -0.159. The molecular weight excluding hydrogens is 207 g/mol. The first kappa shape index (κ1) is 12.0. The molecule has 1 N–H and O–H groups in total. The largest absolute Gasteiger partial charge is 0.409 e. The van der Waals surface area contributed by atoms with Crippen LogP contribution in [0.2, 0.25) is 0 Å². The van der Waals surface area contributed by atoms with Gasteiger partial charge in [-0.3, -0.25) is 0 Å². The molecule has 0 saturated heterocycles. The predicted octanol–water partition coefficient (Wildman–Crippen LogP) is 2.02. The van der Waals surface area contributed by atoms with Crippen LogP contribution in [0.1, 0.15) is 25.1 Å². The quantitative estimate of drug-likeness (QED) is 0.843. The summed E-state index contributed by atoms with van der Waals surface area (Å²) in [5.74, 6) is 0. The number of aromatic nitrogens is 2. The zero-order valence-corrected chi connectivity index (χ0v) is 8.67. The fourth-order valence-corrected chi connectivity index (χ4v) is 1.32. The molecule has 1 aromatic rings. The molecule has 0 aliphatic heterocycles. The number of imidazole rings is 1. The highest BCUT2D eigenvalue weighted by molar-refractivity contribution is 5.07. The van der Waals surface area contributed by atoms with Gasteiger partial charge in [-0.1, -0.05) is 6.92 Å². The summed E-state index contributed by atoms with van der Waals surface area (Å²) >= 11 is 0. The van der Waals surface area contributed by atoms with Crippen molar-refractivity contribution in [2.45, 2.75) is 25.6 Å². The summed E-state index contributed by atoms with van der Waals surface area (Å²) in [5.41, 5.74) is 0.135. The molecular formula is C9H14F3N3. The molecule has 1 aromatic heterocycles. The third-order valence-corrected chi connectivity index (χ3v) is 2.08. The summed E-state index contributed by atoms with van der Waals surface area (Å²) < 4.78 is 39.4. The lowest BCUT2D eigenvalue weighted by Gasteiger charge is -2.21. The second-order valence-electron chi connectivity index (χ2n) is 3.36. The molecule has 0 aliphatic carbocycles. The lowest BCUT2D eigenvalue weighted by Crippen LogP contribution is -2.35. The molecule has 86 valence electrons. The number of alkyl halides is 3. The SMILES string of the molecule is CCCNC(c1cncn1C)C(F)(F)F. The van der Waals surface area contributed by atoms with Gasteiger partial charge in [0, 0.05) is 7.05 Å². The van der Waals surface area contributed by atoms with E-state index in [0.29, 0.717) is 13.0 Å². The smallest absolute Gasteiger partial charge is 0.336 e. The van der Waals surface area contributed by atoms with Gasteiger partial charge in [0.2, 0.25) is 0 Å². The van der Waals surface area contributed by atoms with Crippen molar-refractivity contribution < 1.29 is 13.2 Å². The van der Waals surface area contributed by atoms with E-state index in [4.69, 9.17) is 0 Å². The molecule has 3 nitrogen and oxygen atoms in total. The van der Waals surface area contributed by atoms with E-state index in [1.165, 1.54) is 17.1 Å². The van der Waals surface area contributed by atoms with Gasteiger partial charge in [-0.2, -0.15) is 13.2 Å². The molecule has 0 radical (unpaired) electrons. The molecule has 0 fully saturated rings. The molecule has 0 aliphatic rings. The first-order valence-corrected chi connectivity index (χ1v) is 4.73. The van der Waals surface area contributed by atoms with Gasteiger partial charge in [0.05, 0.1) is 18.2 Å². The molecule has 1 rings (SSSR count). The third kappa shape index (κ3) is 2.95. The van der Waals surface area contributed by atoms with Crippen molar-refractivity contribution in [1.29, 1.82) is 0 Å². The van der Waals surface area contributed by atoms with E-state index in [-0.39, 0.29) is 5.69 Å². The number of aryl methyl sites for hydroxylation is 1. The van der Waals surface area contributed by atoms with E-state index in [9.17, 15) is 13.2 Å². The molecule has 0 spiro atoms. The van der Waals surface area contributed by atoms with Gasteiger partial charge in [-0.05, 0) is 13.0 Å². The van der Waals surface area contributed by atoms with Gasteiger partial charge >= 0.3 is 6.18 Å². The van der Waals surface area contributed by atoms with Gasteiger partial charge in [0.15, 0.2) is 0 Å². The van der Waals surface area contributed by atoms with Gasteiger partial charge < -0.3 is 9.88 Å². The molecule has 1 heterocycles. The maximum atomic E-state index is 12.7. The van der Waals surface area contributed by atoms with Crippen molar-refractivity contribution in [3.8, 4) is 0 Å². The minimum Gasteiger partial charge on any atom is -0.336 e. The number of rotatable bonds is 4. The van der Waals surface area contributed by atoms with E-state index in [1.807, 2.05) is 6.92 Å². The van der Waals surface area contributed by atoms with Crippen molar-refractivity contribution in [3.05, 3.63) is 18.2 Å². The average molecular weight is 221 g/mol. The number of hydrogen-bond donors (Lipinski definition) is 1. The minimum atomic E-state index is -4.29. The minimum absolute atomic E-state index is 0.135. The molecule has 1 atom stereocenters. The van der Waals surface area contributed by atoms with Crippen molar-refractivity contribution in [2.24, 2.45) is 7.05 Å². The van der Waals surface area contributed by atoms with Crippen LogP contribution in [0.5, 0.6) is 0 Å². The Morgan fingerprint density at radius 3 is 2.60 bits per heavy atom. The molecule has 0 saturated carbocycles. The van der Waals surface area contributed by atoms with Gasteiger partial charge in [0.25, 0.3) is 0 Å². The van der Waals surface area contributed by atoms with E-state index < -0.39 is 12.2 Å². The van der Waals surface area contributed by atoms with Gasteiger partial charge in [0.1, 0.15) is 6.04 Å². The number of hydrogen-bond acceptors (Lipinski definition) is 2. The molecule has 0 bridgehead atoms. The normalized spacial score (nSPS) is 14.2. The van der Waals surface area contributed by atoms with E-state index in [1.54, 1.807) is 7.05 Å². The predicted molar refractivity (Wildman–Crippen MR) is 50.3 cm³/mol. The Hall–Kier alpha value is -1.04. The Morgan fingerprint density at radius 1 is 1.53 bits per heavy atom. The van der Waals surface area contributed by atoms with E-state index in [0.717, 1.165) is 0 Å². The topological polar surface area (TPSA) is 29.9 Å². The summed E-state index contributed by atoms with van der Waals surface area (Å²) in [6.45, 7) is 2.15. The molecule has 15 heavy (non-hydrogen) atoms. The van der Waals surface area contributed by atoms with Crippen LogP contribution in [0.15, 0.2) is 12.5 Å². The Kier molecular flexibility index (Phi) is 3.73. The number of nitrogens with zero attached hydrogens (tertiary/aromatic N) is 2. The molecule has 0 aromatic carbocycles. The fourth-order valence-electron chi connectivity index (χ4n) is 1.32. The summed E-state index contributed by atoms with van der Waals surface area (Å²) in [5, 5.41) is 2.47. The van der Waals surface area contributed by atoms with Crippen LogP contribution in [-0.4, -0.2) is 22.3 Å². The first-order valence-electron chi connectivity index (χ1n) is 4.73. The van der Waals surface area contributed by atoms with Crippen LogP contribution in [0.25, 0.3) is 0 Å². The van der Waals surface area contributed by atoms with Crippen LogP contribution in [0.4, 0.5) is 13.2 Å². The summed E-state index contributed by atoms with van der Waals surface area (Å²) in [4.78, 5) is 3.69. The number of nitrogens with one attached hydrogen (secondary N) is 1. The highest BCUT2D eigenvalue weighted by Gasteiger charge is 2.41. The summed E-state index contributed by atoms with van der Waals surface area (Å²) in [6, 6.07) is -1.63. The first-order chi connectivity index (χ1) is 6.96. The van der Waals surface area contributed by atoms with Crippen LogP contribution in [0.3, 0.4) is 0 Å². The second-order valence-corrected chi connectivity index (χ2v) is 3.36.